The molecule has 1 fully saturated rings. The predicted octanol–water partition coefficient (Wildman–Crippen LogP) is 2.93. The molecule has 7 heteroatoms. The standard InChI is InChI=1S/C22H32N6O/c1-4-24-22(25-11-9-19-5-7-20(8-6-19)26-18(3)29)27-13-10-17(2)21(15-27)28-14-12-23-16-28/h5-8,12,14,16-17,21H,4,9-11,13,15H2,1-3H3,(H,24,25)(H,26,29). The molecule has 1 aliphatic rings. The lowest BCUT2D eigenvalue weighted by Crippen LogP contribution is -2.49. The molecular formula is C22H32N6O. The smallest absolute Gasteiger partial charge is 0.221 e. The monoisotopic (exact) mass is 396 g/mol. The number of nitrogens with one attached hydrogen (secondary N) is 2. The zero-order valence-corrected chi connectivity index (χ0v) is 17.6. The van der Waals surface area contributed by atoms with Crippen LogP contribution in [0, 0.1) is 5.92 Å². The number of piperidine rings is 1. The average molecular weight is 397 g/mol. The number of likely N-dealkylation sites (tertiary alicyclic amines) is 1. The lowest BCUT2D eigenvalue weighted by Gasteiger charge is -2.39. The number of guanidine groups is 1. The largest absolute Gasteiger partial charge is 0.357 e. The Bertz CT molecular complexity index is 799. The van der Waals surface area contributed by atoms with Crippen molar-refractivity contribution in [1.82, 2.24) is 19.8 Å². The molecule has 2 atom stereocenters. The number of hydrogen-bond donors (Lipinski definition) is 2. The minimum absolute atomic E-state index is 0.0533. The van der Waals surface area contributed by atoms with Crippen molar-refractivity contribution < 1.29 is 4.79 Å². The fraction of sp³-hybridized carbons (Fsp3) is 0.500. The molecule has 2 aromatic rings. The molecule has 0 saturated carbocycles. The number of aliphatic imine (C=N–C) groups is 1. The van der Waals surface area contributed by atoms with E-state index >= 15 is 0 Å². The fourth-order valence-electron chi connectivity index (χ4n) is 3.77. The molecule has 1 aromatic carbocycles. The number of nitrogens with zero attached hydrogens (tertiary/aromatic N) is 4. The second kappa shape index (κ2) is 10.1. The number of carbonyl (C=O) groups excluding carboxylic acids is 1. The van der Waals surface area contributed by atoms with Crippen LogP contribution in [0.25, 0.3) is 0 Å². The molecule has 2 heterocycles. The highest BCUT2D eigenvalue weighted by Crippen LogP contribution is 2.27. The van der Waals surface area contributed by atoms with Gasteiger partial charge < -0.3 is 20.1 Å². The number of benzene rings is 1. The number of aromatic nitrogens is 2. The van der Waals surface area contributed by atoms with Gasteiger partial charge in [0.2, 0.25) is 5.91 Å². The van der Waals surface area contributed by atoms with Gasteiger partial charge in [-0.15, -0.1) is 0 Å². The van der Waals surface area contributed by atoms with Gasteiger partial charge in [0.05, 0.1) is 12.4 Å². The average Bonchev–Trinajstić information content (AvgIpc) is 3.23. The van der Waals surface area contributed by atoms with Gasteiger partial charge in [-0.1, -0.05) is 19.1 Å². The topological polar surface area (TPSA) is 74.6 Å². The van der Waals surface area contributed by atoms with Crippen LogP contribution in [0.15, 0.2) is 48.0 Å². The molecule has 0 bridgehead atoms. The fourth-order valence-corrected chi connectivity index (χ4v) is 3.77. The third kappa shape index (κ3) is 5.82. The van der Waals surface area contributed by atoms with Crippen LogP contribution in [0.2, 0.25) is 0 Å². The van der Waals surface area contributed by atoms with Crippen LogP contribution in [-0.4, -0.2) is 52.5 Å². The van der Waals surface area contributed by atoms with Crippen LogP contribution < -0.4 is 10.6 Å². The molecular weight excluding hydrogens is 364 g/mol. The van der Waals surface area contributed by atoms with E-state index in [0.29, 0.717) is 12.0 Å². The Morgan fingerprint density at radius 3 is 2.76 bits per heavy atom. The second-order valence-corrected chi connectivity index (χ2v) is 7.65. The summed E-state index contributed by atoms with van der Waals surface area (Å²) in [6.07, 6.45) is 7.82. The number of amides is 1. The first-order valence-corrected chi connectivity index (χ1v) is 10.4. The zero-order valence-electron chi connectivity index (χ0n) is 17.6. The van der Waals surface area contributed by atoms with E-state index in [-0.39, 0.29) is 5.91 Å². The number of rotatable bonds is 6. The van der Waals surface area contributed by atoms with Gasteiger partial charge >= 0.3 is 0 Å². The molecule has 3 rings (SSSR count). The van der Waals surface area contributed by atoms with Crippen molar-refractivity contribution in [3.05, 3.63) is 48.5 Å². The zero-order chi connectivity index (χ0) is 20.6. The van der Waals surface area contributed by atoms with Crippen molar-refractivity contribution in [2.45, 2.75) is 39.7 Å². The van der Waals surface area contributed by atoms with Crippen molar-refractivity contribution in [2.24, 2.45) is 10.9 Å². The third-order valence-corrected chi connectivity index (χ3v) is 5.40. The van der Waals surface area contributed by atoms with Crippen LogP contribution in [0.1, 0.15) is 38.8 Å². The van der Waals surface area contributed by atoms with E-state index < -0.39 is 0 Å². The molecule has 2 N–H and O–H groups in total. The molecule has 1 aromatic heterocycles. The van der Waals surface area contributed by atoms with E-state index in [0.717, 1.165) is 50.7 Å². The summed E-state index contributed by atoms with van der Waals surface area (Å²) in [7, 11) is 0. The predicted molar refractivity (Wildman–Crippen MR) is 117 cm³/mol. The Labute approximate surface area is 173 Å². The maximum Gasteiger partial charge on any atom is 0.221 e. The Morgan fingerprint density at radius 2 is 2.10 bits per heavy atom. The first kappa shape index (κ1) is 20.9. The number of carbonyl (C=O) groups is 1. The summed E-state index contributed by atoms with van der Waals surface area (Å²) in [5.41, 5.74) is 2.04. The second-order valence-electron chi connectivity index (χ2n) is 7.65. The molecule has 0 spiro atoms. The van der Waals surface area contributed by atoms with Crippen molar-refractivity contribution in [2.75, 3.05) is 31.5 Å². The third-order valence-electron chi connectivity index (χ3n) is 5.40. The number of hydrogen-bond acceptors (Lipinski definition) is 3. The van der Waals surface area contributed by atoms with Gasteiger partial charge in [-0.2, -0.15) is 0 Å². The maximum absolute atomic E-state index is 11.1. The van der Waals surface area contributed by atoms with Gasteiger partial charge in [0, 0.05) is 51.2 Å². The van der Waals surface area contributed by atoms with E-state index in [9.17, 15) is 4.79 Å². The van der Waals surface area contributed by atoms with E-state index in [2.05, 4.69) is 45.1 Å². The van der Waals surface area contributed by atoms with Crippen molar-refractivity contribution in [1.29, 1.82) is 0 Å². The summed E-state index contributed by atoms with van der Waals surface area (Å²) in [4.78, 5) is 22.6. The molecule has 2 unspecified atom stereocenters. The highest BCUT2D eigenvalue weighted by Gasteiger charge is 2.28. The molecule has 1 saturated heterocycles. The lowest BCUT2D eigenvalue weighted by atomic mass is 9.93. The van der Waals surface area contributed by atoms with Crippen LogP contribution in [0.5, 0.6) is 0 Å². The molecule has 0 aliphatic carbocycles. The highest BCUT2D eigenvalue weighted by molar-refractivity contribution is 5.88. The minimum Gasteiger partial charge on any atom is -0.357 e. The van der Waals surface area contributed by atoms with Gasteiger partial charge in [-0.3, -0.25) is 9.79 Å². The van der Waals surface area contributed by atoms with E-state index in [1.165, 1.54) is 12.5 Å². The normalized spacial score (nSPS) is 19.8. The van der Waals surface area contributed by atoms with Gasteiger partial charge in [-0.25, -0.2) is 4.98 Å². The Hall–Kier alpha value is -2.83. The van der Waals surface area contributed by atoms with Gasteiger partial charge in [0.15, 0.2) is 5.96 Å². The van der Waals surface area contributed by atoms with Gasteiger partial charge in [0.25, 0.3) is 0 Å². The molecule has 1 amide bonds. The lowest BCUT2D eigenvalue weighted by molar-refractivity contribution is -0.114. The highest BCUT2D eigenvalue weighted by atomic mass is 16.1. The summed E-state index contributed by atoms with van der Waals surface area (Å²) >= 11 is 0. The molecule has 1 aliphatic heterocycles. The van der Waals surface area contributed by atoms with Gasteiger partial charge in [0.1, 0.15) is 0 Å². The molecule has 0 radical (unpaired) electrons. The van der Waals surface area contributed by atoms with Crippen LogP contribution in [0.4, 0.5) is 5.69 Å². The number of anilines is 1. The quantitative estimate of drug-likeness (QED) is 0.582. The first-order valence-electron chi connectivity index (χ1n) is 10.4. The van der Waals surface area contributed by atoms with Crippen molar-refractivity contribution >= 4 is 17.6 Å². The summed E-state index contributed by atoms with van der Waals surface area (Å²) < 4.78 is 2.22. The SMILES string of the molecule is CCNC(=NCCc1ccc(NC(C)=O)cc1)N1CCC(C)C(n2ccnc2)C1. The van der Waals surface area contributed by atoms with Crippen molar-refractivity contribution in [3.8, 4) is 0 Å². The van der Waals surface area contributed by atoms with Gasteiger partial charge in [-0.05, 0) is 43.4 Å². The van der Waals surface area contributed by atoms with Crippen molar-refractivity contribution in [3.63, 3.8) is 0 Å². The maximum atomic E-state index is 11.1. The van der Waals surface area contributed by atoms with Crippen LogP contribution >= 0.6 is 0 Å². The molecule has 29 heavy (non-hydrogen) atoms. The first-order chi connectivity index (χ1) is 14.1. The van der Waals surface area contributed by atoms with Crippen LogP contribution in [0.3, 0.4) is 0 Å². The summed E-state index contributed by atoms with van der Waals surface area (Å²) in [6, 6.07) is 8.38. The Kier molecular flexibility index (Phi) is 7.27. The van der Waals surface area contributed by atoms with E-state index in [4.69, 9.17) is 4.99 Å². The van der Waals surface area contributed by atoms with E-state index in [1.54, 1.807) is 0 Å². The van der Waals surface area contributed by atoms with E-state index in [1.807, 2.05) is 36.8 Å². The molecule has 156 valence electrons. The summed E-state index contributed by atoms with van der Waals surface area (Å²) in [6.45, 7) is 9.48. The Balaban J connectivity index is 1.61. The Morgan fingerprint density at radius 1 is 1.31 bits per heavy atom. The minimum atomic E-state index is -0.0533. The summed E-state index contributed by atoms with van der Waals surface area (Å²) in [5, 5.41) is 6.25. The molecule has 7 nitrogen and oxygen atoms in total. The van der Waals surface area contributed by atoms with Crippen LogP contribution in [-0.2, 0) is 11.2 Å². The summed E-state index contributed by atoms with van der Waals surface area (Å²) in [5.74, 6) is 1.55. The number of imidazole rings is 1.